The average Bonchev–Trinajstić information content (AvgIpc) is 2.98. The predicted molar refractivity (Wildman–Crippen MR) is 83.3 cm³/mol. The Kier molecular flexibility index (Phi) is 2.60. The highest BCUT2D eigenvalue weighted by Crippen LogP contribution is 2.38. The number of imide groups is 1. The predicted octanol–water partition coefficient (Wildman–Crippen LogP) is 1.32. The van der Waals surface area contributed by atoms with Gasteiger partial charge in [0.05, 0.1) is 0 Å². The van der Waals surface area contributed by atoms with Gasteiger partial charge in [-0.3, -0.25) is 10.1 Å². The van der Waals surface area contributed by atoms with Gasteiger partial charge in [0.25, 0.3) is 5.91 Å². The Balaban J connectivity index is 1.82. The van der Waals surface area contributed by atoms with Gasteiger partial charge in [-0.15, -0.1) is 0 Å². The number of rotatable bonds is 1. The van der Waals surface area contributed by atoms with E-state index in [0.29, 0.717) is 19.4 Å². The molecule has 1 aliphatic heterocycles. The molecule has 5 nitrogen and oxygen atoms in total. The Morgan fingerprint density at radius 3 is 2.41 bits per heavy atom. The van der Waals surface area contributed by atoms with Crippen LogP contribution in [0.4, 0.5) is 4.79 Å². The molecule has 1 unspecified atom stereocenters. The number of amides is 3. The van der Waals surface area contributed by atoms with Gasteiger partial charge in [0, 0.05) is 26.4 Å². The van der Waals surface area contributed by atoms with Gasteiger partial charge in [-0.25, -0.2) is 4.79 Å². The van der Waals surface area contributed by atoms with Crippen molar-refractivity contribution in [2.24, 2.45) is 5.73 Å². The molecule has 0 radical (unpaired) electrons. The quantitative estimate of drug-likeness (QED) is 0.779. The highest BCUT2D eigenvalue weighted by molar-refractivity contribution is 6.08. The number of nitrogens with one attached hydrogen (secondary N) is 1. The first-order valence-corrected chi connectivity index (χ1v) is 7.37. The Bertz CT molecular complexity index is 830. The monoisotopic (exact) mass is 295 g/mol. The number of hydrogen-bond acceptors (Lipinski definition) is 3. The molecule has 1 atom stereocenters. The molecule has 1 spiro atoms. The van der Waals surface area contributed by atoms with Crippen LogP contribution in [0.25, 0.3) is 10.8 Å². The molecular weight excluding hydrogens is 278 g/mol. The summed E-state index contributed by atoms with van der Waals surface area (Å²) < 4.78 is 0. The van der Waals surface area contributed by atoms with Crippen LogP contribution in [-0.4, -0.2) is 29.4 Å². The normalized spacial score (nSPS) is 23.5. The van der Waals surface area contributed by atoms with E-state index < -0.39 is 5.54 Å². The maximum absolute atomic E-state index is 12.3. The molecule has 1 aliphatic carbocycles. The summed E-state index contributed by atoms with van der Waals surface area (Å²) >= 11 is 0. The fourth-order valence-electron chi connectivity index (χ4n) is 3.63. The van der Waals surface area contributed by atoms with Crippen LogP contribution in [-0.2, 0) is 24.2 Å². The van der Waals surface area contributed by atoms with Crippen LogP contribution in [0.15, 0.2) is 30.3 Å². The number of hydrogen-bond donors (Lipinski definition) is 2. The van der Waals surface area contributed by atoms with Crippen molar-refractivity contribution < 1.29 is 9.59 Å². The van der Waals surface area contributed by atoms with Crippen molar-refractivity contribution in [2.45, 2.75) is 24.9 Å². The van der Waals surface area contributed by atoms with Crippen molar-refractivity contribution in [2.75, 3.05) is 7.05 Å². The molecule has 4 rings (SSSR count). The summed E-state index contributed by atoms with van der Waals surface area (Å²) in [5.41, 5.74) is 8.32. The van der Waals surface area contributed by atoms with Gasteiger partial charge in [-0.05, 0) is 33.5 Å². The number of urea groups is 1. The summed E-state index contributed by atoms with van der Waals surface area (Å²) in [6.45, 7) is 0.511. The van der Waals surface area contributed by atoms with Crippen LogP contribution in [0.3, 0.4) is 0 Å². The third kappa shape index (κ3) is 1.63. The number of carbonyl (C=O) groups is 2. The van der Waals surface area contributed by atoms with Crippen molar-refractivity contribution in [1.82, 2.24) is 10.2 Å². The number of nitrogens with zero attached hydrogens (tertiary/aromatic N) is 1. The molecule has 5 heteroatoms. The van der Waals surface area contributed by atoms with Crippen LogP contribution >= 0.6 is 0 Å². The molecule has 22 heavy (non-hydrogen) atoms. The fourth-order valence-corrected chi connectivity index (χ4v) is 3.63. The molecule has 1 saturated heterocycles. The zero-order chi connectivity index (χ0) is 15.5. The second-order valence-corrected chi connectivity index (χ2v) is 6.21. The van der Waals surface area contributed by atoms with Crippen molar-refractivity contribution in [3.05, 3.63) is 47.0 Å². The van der Waals surface area contributed by atoms with Gasteiger partial charge in [0.2, 0.25) is 0 Å². The maximum atomic E-state index is 12.3. The first-order chi connectivity index (χ1) is 10.5. The number of nitrogens with two attached hydrogens (primary N) is 1. The molecule has 2 aromatic carbocycles. The van der Waals surface area contributed by atoms with E-state index >= 15 is 0 Å². The molecule has 2 aliphatic rings. The smallest absolute Gasteiger partial charge is 0.324 e. The number of fused-ring (bicyclic) bond motifs is 2. The number of likely N-dealkylation sites (N-methyl/N-ethyl adjacent to an activating group) is 1. The van der Waals surface area contributed by atoms with E-state index in [0.717, 1.165) is 27.5 Å². The van der Waals surface area contributed by atoms with E-state index in [1.54, 1.807) is 11.9 Å². The molecule has 0 saturated carbocycles. The minimum Gasteiger partial charge on any atom is -0.326 e. The largest absolute Gasteiger partial charge is 0.326 e. The van der Waals surface area contributed by atoms with Crippen LogP contribution < -0.4 is 11.1 Å². The van der Waals surface area contributed by atoms with Gasteiger partial charge in [-0.2, -0.15) is 0 Å². The number of benzene rings is 2. The fraction of sp³-hybridized carbons (Fsp3) is 0.294. The Morgan fingerprint density at radius 1 is 1.14 bits per heavy atom. The first-order valence-electron chi connectivity index (χ1n) is 7.37. The third-order valence-corrected chi connectivity index (χ3v) is 5.01. The summed E-state index contributed by atoms with van der Waals surface area (Å²) in [4.78, 5) is 25.6. The van der Waals surface area contributed by atoms with Gasteiger partial charge in [0.1, 0.15) is 5.54 Å². The van der Waals surface area contributed by atoms with E-state index in [-0.39, 0.29) is 11.9 Å². The molecule has 112 valence electrons. The summed E-state index contributed by atoms with van der Waals surface area (Å²) in [5.74, 6) is -0.192. The molecule has 0 bridgehead atoms. The van der Waals surface area contributed by atoms with E-state index in [9.17, 15) is 9.59 Å². The van der Waals surface area contributed by atoms with Crippen LogP contribution in [0.2, 0.25) is 0 Å². The van der Waals surface area contributed by atoms with Crippen LogP contribution in [0.1, 0.15) is 16.7 Å². The summed E-state index contributed by atoms with van der Waals surface area (Å²) in [6, 6.07) is 10.1. The second kappa shape index (κ2) is 4.30. The van der Waals surface area contributed by atoms with Crippen molar-refractivity contribution in [3.8, 4) is 0 Å². The van der Waals surface area contributed by atoms with Gasteiger partial charge < -0.3 is 10.6 Å². The van der Waals surface area contributed by atoms with E-state index in [1.165, 1.54) is 0 Å². The van der Waals surface area contributed by atoms with Crippen LogP contribution in [0.5, 0.6) is 0 Å². The summed E-state index contributed by atoms with van der Waals surface area (Å²) in [7, 11) is 1.69. The Morgan fingerprint density at radius 2 is 1.82 bits per heavy atom. The molecule has 3 N–H and O–H groups in total. The maximum Gasteiger partial charge on any atom is 0.324 e. The lowest BCUT2D eigenvalue weighted by Crippen LogP contribution is -2.48. The van der Waals surface area contributed by atoms with E-state index in [4.69, 9.17) is 5.73 Å². The Hall–Kier alpha value is -2.40. The van der Waals surface area contributed by atoms with Gasteiger partial charge >= 0.3 is 6.03 Å². The SMILES string of the molecule is CN1C(=O)NC(=O)C12Cc1cc3ccc(CN)cc3cc1C2. The van der Waals surface area contributed by atoms with Crippen LogP contribution in [0, 0.1) is 0 Å². The molecule has 1 heterocycles. The third-order valence-electron chi connectivity index (χ3n) is 5.01. The first kappa shape index (κ1) is 13.3. The Labute approximate surface area is 128 Å². The summed E-state index contributed by atoms with van der Waals surface area (Å²) in [6.07, 6.45) is 1.14. The highest BCUT2D eigenvalue weighted by Gasteiger charge is 2.54. The lowest BCUT2D eigenvalue weighted by molar-refractivity contribution is -0.125. The minimum atomic E-state index is -0.756. The molecule has 3 amide bonds. The summed E-state index contributed by atoms with van der Waals surface area (Å²) in [5, 5.41) is 4.70. The standard InChI is InChI=1S/C17H17N3O2/c1-20-16(22)19-15(21)17(20)7-13-5-11-3-2-10(9-18)4-12(11)6-14(13)8-17/h2-6H,7-9,18H2,1H3,(H,19,21,22). The highest BCUT2D eigenvalue weighted by atomic mass is 16.2. The zero-order valence-corrected chi connectivity index (χ0v) is 12.3. The molecule has 2 aromatic rings. The zero-order valence-electron chi connectivity index (χ0n) is 12.3. The van der Waals surface area contributed by atoms with Crippen molar-refractivity contribution in [3.63, 3.8) is 0 Å². The van der Waals surface area contributed by atoms with Crippen molar-refractivity contribution >= 4 is 22.7 Å². The molecular formula is C17H17N3O2. The number of carbonyl (C=O) groups excluding carboxylic acids is 2. The molecule has 0 aromatic heterocycles. The lowest BCUT2D eigenvalue weighted by Gasteiger charge is -2.27. The minimum absolute atomic E-state index is 0.192. The molecule has 1 fully saturated rings. The van der Waals surface area contributed by atoms with Crippen molar-refractivity contribution in [1.29, 1.82) is 0 Å². The van der Waals surface area contributed by atoms with E-state index in [2.05, 4.69) is 29.6 Å². The van der Waals surface area contributed by atoms with Gasteiger partial charge in [0.15, 0.2) is 0 Å². The lowest BCUT2D eigenvalue weighted by atomic mass is 9.95. The average molecular weight is 295 g/mol. The van der Waals surface area contributed by atoms with Gasteiger partial charge in [-0.1, -0.05) is 24.3 Å². The van der Waals surface area contributed by atoms with E-state index in [1.807, 2.05) is 6.07 Å². The topological polar surface area (TPSA) is 75.4 Å². The second-order valence-electron chi connectivity index (χ2n) is 6.21.